The average Bonchev–Trinajstić information content (AvgIpc) is 2.73. The molecule has 0 aromatic carbocycles. The van der Waals surface area contributed by atoms with E-state index in [1.807, 2.05) is 39.1 Å². The van der Waals surface area contributed by atoms with E-state index in [9.17, 15) is 9.59 Å². The van der Waals surface area contributed by atoms with Crippen LogP contribution >= 0.6 is 11.6 Å². The van der Waals surface area contributed by atoms with E-state index in [0.717, 1.165) is 18.4 Å². The van der Waals surface area contributed by atoms with Gasteiger partial charge in [0, 0.05) is 24.7 Å². The summed E-state index contributed by atoms with van der Waals surface area (Å²) in [5.74, 6) is 1.18. The number of nitrogens with zero attached hydrogens (tertiary/aromatic N) is 4. The third kappa shape index (κ3) is 4.99. The van der Waals surface area contributed by atoms with E-state index in [1.165, 1.54) is 6.20 Å². The molecule has 3 aromatic heterocycles. The zero-order valence-corrected chi connectivity index (χ0v) is 18.9. The fourth-order valence-electron chi connectivity index (χ4n) is 3.74. The normalized spacial score (nSPS) is 15.1. The number of hydrogen-bond acceptors (Lipinski definition) is 7. The summed E-state index contributed by atoms with van der Waals surface area (Å²) in [4.78, 5) is 35.0. The minimum Gasteiger partial charge on any atom is -0.444 e. The molecule has 3 aromatic rings. The molecule has 1 aliphatic rings. The number of carbonyl (C=O) groups is 1. The van der Waals surface area contributed by atoms with E-state index in [4.69, 9.17) is 16.3 Å². The van der Waals surface area contributed by atoms with Crippen LogP contribution in [0.15, 0.2) is 35.4 Å². The number of amides is 1. The number of anilines is 2. The standard InChI is InChI=1S/C22H25ClN6O3/c1-22(2,3)32-21(31)29-8-6-13(7-9-29)14-4-5-17(24-11-14)27-19-18-15(10-16(23)26-19)12-25-28-20(18)30/h4-5,10-13H,6-9H2,1-3H3,(H,28,30)(H,24,26,27). The van der Waals surface area contributed by atoms with Crippen LogP contribution < -0.4 is 10.9 Å². The Morgan fingerprint density at radius 3 is 2.66 bits per heavy atom. The molecule has 0 spiro atoms. The maximum atomic E-state index is 12.3. The number of likely N-dealkylation sites (tertiary alicyclic amines) is 1. The van der Waals surface area contributed by atoms with Crippen molar-refractivity contribution in [3.05, 3.63) is 51.7 Å². The van der Waals surface area contributed by atoms with Crippen LogP contribution in [0.5, 0.6) is 0 Å². The van der Waals surface area contributed by atoms with Gasteiger partial charge in [-0.3, -0.25) is 4.79 Å². The number of nitrogens with one attached hydrogen (secondary N) is 2. The fraction of sp³-hybridized carbons (Fsp3) is 0.409. The molecule has 0 radical (unpaired) electrons. The summed E-state index contributed by atoms with van der Waals surface area (Å²) in [6.45, 7) is 6.90. The summed E-state index contributed by atoms with van der Waals surface area (Å²) in [5, 5.41) is 10.5. The van der Waals surface area contributed by atoms with Crippen molar-refractivity contribution in [1.29, 1.82) is 0 Å². The molecule has 0 aliphatic carbocycles. The Balaban J connectivity index is 1.43. The van der Waals surface area contributed by atoms with Gasteiger partial charge in [0.2, 0.25) is 0 Å². The highest BCUT2D eigenvalue weighted by molar-refractivity contribution is 6.30. The quantitative estimate of drug-likeness (QED) is 0.567. The second-order valence-electron chi connectivity index (χ2n) is 8.80. The van der Waals surface area contributed by atoms with Gasteiger partial charge in [-0.15, -0.1) is 0 Å². The zero-order chi connectivity index (χ0) is 22.9. The molecule has 1 saturated heterocycles. The van der Waals surface area contributed by atoms with Crippen LogP contribution in [-0.4, -0.2) is 49.8 Å². The summed E-state index contributed by atoms with van der Waals surface area (Å²) in [6, 6.07) is 5.44. The number of pyridine rings is 2. The molecule has 9 nitrogen and oxygen atoms in total. The first kappa shape index (κ1) is 22.0. The third-order valence-corrected chi connectivity index (χ3v) is 5.46. The maximum Gasteiger partial charge on any atom is 0.410 e. The van der Waals surface area contributed by atoms with Crippen molar-refractivity contribution >= 4 is 40.1 Å². The number of fused-ring (bicyclic) bond motifs is 1. The van der Waals surface area contributed by atoms with Crippen molar-refractivity contribution in [2.75, 3.05) is 18.4 Å². The number of H-pyrrole nitrogens is 1. The number of piperidine rings is 1. The van der Waals surface area contributed by atoms with E-state index in [-0.39, 0.29) is 16.8 Å². The summed E-state index contributed by atoms with van der Waals surface area (Å²) in [5.41, 5.74) is 0.249. The monoisotopic (exact) mass is 456 g/mol. The second kappa shape index (κ2) is 8.74. The molecule has 0 saturated carbocycles. The number of rotatable bonds is 3. The molecule has 4 heterocycles. The van der Waals surface area contributed by atoms with Crippen molar-refractivity contribution < 1.29 is 9.53 Å². The molecular weight excluding hydrogens is 432 g/mol. The molecule has 10 heteroatoms. The van der Waals surface area contributed by atoms with Crippen molar-refractivity contribution in [3.63, 3.8) is 0 Å². The summed E-state index contributed by atoms with van der Waals surface area (Å²) < 4.78 is 5.46. The molecule has 1 aliphatic heterocycles. The SMILES string of the molecule is CC(C)(C)OC(=O)N1CCC(c2ccc(Nc3nc(Cl)cc4cn[nH]c(=O)c34)nc2)CC1. The molecule has 168 valence electrons. The molecule has 2 N–H and O–H groups in total. The highest BCUT2D eigenvalue weighted by Gasteiger charge is 2.27. The van der Waals surface area contributed by atoms with Gasteiger partial charge in [-0.25, -0.2) is 19.9 Å². The molecule has 1 amide bonds. The van der Waals surface area contributed by atoms with E-state index in [2.05, 4.69) is 25.5 Å². The van der Waals surface area contributed by atoms with Crippen LogP contribution in [0.4, 0.5) is 16.4 Å². The van der Waals surface area contributed by atoms with E-state index in [1.54, 1.807) is 11.0 Å². The molecular formula is C22H25ClN6O3. The highest BCUT2D eigenvalue weighted by Crippen LogP contribution is 2.30. The molecule has 0 bridgehead atoms. The molecule has 1 fully saturated rings. The van der Waals surface area contributed by atoms with E-state index < -0.39 is 5.60 Å². The number of aromatic amines is 1. The lowest BCUT2D eigenvalue weighted by Crippen LogP contribution is -2.41. The Kier molecular flexibility index (Phi) is 6.01. The first-order chi connectivity index (χ1) is 15.2. The van der Waals surface area contributed by atoms with Gasteiger partial charge in [0.1, 0.15) is 22.4 Å². The summed E-state index contributed by atoms with van der Waals surface area (Å²) in [6.07, 6.45) is 4.76. The number of aromatic nitrogens is 4. The Morgan fingerprint density at radius 2 is 2.00 bits per heavy atom. The Morgan fingerprint density at radius 1 is 1.25 bits per heavy atom. The number of hydrogen-bond donors (Lipinski definition) is 2. The van der Waals surface area contributed by atoms with Crippen LogP contribution in [0, 0.1) is 0 Å². The van der Waals surface area contributed by atoms with Crippen molar-refractivity contribution in [3.8, 4) is 0 Å². The number of ether oxygens (including phenoxy) is 1. The number of halogens is 1. The predicted molar refractivity (Wildman–Crippen MR) is 122 cm³/mol. The van der Waals surface area contributed by atoms with Crippen LogP contribution in [0.2, 0.25) is 5.15 Å². The van der Waals surface area contributed by atoms with Gasteiger partial charge in [0.25, 0.3) is 5.56 Å². The Hall–Kier alpha value is -3.20. The van der Waals surface area contributed by atoms with Crippen molar-refractivity contribution in [2.45, 2.75) is 45.1 Å². The third-order valence-electron chi connectivity index (χ3n) is 5.27. The number of carbonyl (C=O) groups excluding carboxylic acids is 1. The van der Waals surface area contributed by atoms with Gasteiger partial charge >= 0.3 is 6.09 Å². The largest absolute Gasteiger partial charge is 0.444 e. The average molecular weight is 457 g/mol. The highest BCUT2D eigenvalue weighted by atomic mass is 35.5. The van der Waals surface area contributed by atoms with Crippen molar-refractivity contribution in [1.82, 2.24) is 25.1 Å². The summed E-state index contributed by atoms with van der Waals surface area (Å²) >= 11 is 6.09. The first-order valence-electron chi connectivity index (χ1n) is 10.4. The molecule has 0 atom stereocenters. The molecule has 32 heavy (non-hydrogen) atoms. The van der Waals surface area contributed by atoms with Crippen molar-refractivity contribution in [2.24, 2.45) is 0 Å². The van der Waals surface area contributed by atoms with E-state index >= 15 is 0 Å². The molecule has 0 unspecified atom stereocenters. The lowest BCUT2D eigenvalue weighted by molar-refractivity contribution is 0.0205. The van der Waals surface area contributed by atoms with Crippen LogP contribution in [0.3, 0.4) is 0 Å². The predicted octanol–water partition coefficient (Wildman–Crippen LogP) is 4.22. The zero-order valence-electron chi connectivity index (χ0n) is 18.2. The topological polar surface area (TPSA) is 113 Å². The van der Waals surface area contributed by atoms with Gasteiger partial charge in [-0.2, -0.15) is 5.10 Å². The lowest BCUT2D eigenvalue weighted by Gasteiger charge is -2.33. The van der Waals surface area contributed by atoms with Gasteiger partial charge in [-0.1, -0.05) is 17.7 Å². The maximum absolute atomic E-state index is 12.3. The van der Waals surface area contributed by atoms with Gasteiger partial charge in [0.15, 0.2) is 0 Å². The fourth-order valence-corrected chi connectivity index (χ4v) is 3.95. The minimum atomic E-state index is -0.495. The van der Waals surface area contributed by atoms with E-state index in [0.29, 0.717) is 41.4 Å². The Labute approximate surface area is 190 Å². The van der Waals surface area contributed by atoms with Crippen LogP contribution in [0.1, 0.15) is 45.1 Å². The van der Waals surface area contributed by atoms with Crippen LogP contribution in [0.25, 0.3) is 10.8 Å². The first-order valence-corrected chi connectivity index (χ1v) is 10.8. The minimum absolute atomic E-state index is 0.251. The second-order valence-corrected chi connectivity index (χ2v) is 9.19. The van der Waals surface area contributed by atoms with Crippen LogP contribution in [-0.2, 0) is 4.74 Å². The van der Waals surface area contributed by atoms with Gasteiger partial charge in [0.05, 0.1) is 11.6 Å². The molecule has 4 rings (SSSR count). The van der Waals surface area contributed by atoms with Gasteiger partial charge in [-0.05, 0) is 57.2 Å². The smallest absolute Gasteiger partial charge is 0.410 e. The lowest BCUT2D eigenvalue weighted by atomic mass is 9.90. The summed E-state index contributed by atoms with van der Waals surface area (Å²) in [7, 11) is 0. The van der Waals surface area contributed by atoms with Gasteiger partial charge < -0.3 is 15.0 Å². The Bertz CT molecular complexity index is 1180.